The van der Waals surface area contributed by atoms with Crippen molar-refractivity contribution in [3.8, 4) is 11.5 Å². The van der Waals surface area contributed by atoms with Crippen LogP contribution in [0, 0.1) is 0 Å². The lowest BCUT2D eigenvalue weighted by molar-refractivity contribution is 0.174. The second-order valence-corrected chi connectivity index (χ2v) is 5.87. The van der Waals surface area contributed by atoms with E-state index in [2.05, 4.69) is 33.4 Å². The van der Waals surface area contributed by atoms with Gasteiger partial charge in [0.1, 0.15) is 0 Å². The third-order valence-electron chi connectivity index (χ3n) is 3.03. The Morgan fingerprint density at radius 3 is 2.80 bits per heavy atom. The van der Waals surface area contributed by atoms with E-state index in [4.69, 9.17) is 21.1 Å². The number of nitrogens with one attached hydrogen (secondary N) is 1. The summed E-state index contributed by atoms with van der Waals surface area (Å²) < 4.78 is 11.7. The summed E-state index contributed by atoms with van der Waals surface area (Å²) in [7, 11) is 0. The molecule has 2 aromatic carbocycles. The maximum atomic E-state index is 6.15. The molecule has 1 aliphatic heterocycles. The number of hydrogen-bond acceptors (Lipinski definition) is 3. The maximum absolute atomic E-state index is 6.15. The van der Waals surface area contributed by atoms with Gasteiger partial charge < -0.3 is 14.8 Å². The molecule has 1 heterocycles. The smallest absolute Gasteiger partial charge is 0.231 e. The van der Waals surface area contributed by atoms with Crippen molar-refractivity contribution in [1.82, 2.24) is 5.32 Å². The van der Waals surface area contributed by atoms with Crippen LogP contribution in [0.1, 0.15) is 11.1 Å². The fourth-order valence-corrected chi connectivity index (χ4v) is 2.86. The van der Waals surface area contributed by atoms with Crippen molar-refractivity contribution in [2.45, 2.75) is 13.1 Å². The third kappa shape index (κ3) is 3.08. The average Bonchev–Trinajstić information content (AvgIpc) is 2.88. The first-order chi connectivity index (χ1) is 9.72. The van der Waals surface area contributed by atoms with Crippen LogP contribution in [0.2, 0.25) is 5.02 Å². The summed E-state index contributed by atoms with van der Waals surface area (Å²) in [5, 5.41) is 3.98. The highest BCUT2D eigenvalue weighted by Crippen LogP contribution is 2.39. The van der Waals surface area contributed by atoms with Gasteiger partial charge in [-0.3, -0.25) is 0 Å². The average molecular weight is 355 g/mol. The van der Waals surface area contributed by atoms with Crippen molar-refractivity contribution >= 4 is 27.5 Å². The van der Waals surface area contributed by atoms with Crippen LogP contribution in [0.15, 0.2) is 40.9 Å². The molecule has 1 N–H and O–H groups in total. The Morgan fingerprint density at radius 1 is 1.10 bits per heavy atom. The Kier molecular flexibility index (Phi) is 4.15. The van der Waals surface area contributed by atoms with Gasteiger partial charge in [0, 0.05) is 17.6 Å². The Bertz CT molecular complexity index is 633. The molecule has 0 amide bonds. The van der Waals surface area contributed by atoms with E-state index in [0.29, 0.717) is 10.8 Å². The van der Waals surface area contributed by atoms with Crippen molar-refractivity contribution in [2.24, 2.45) is 0 Å². The van der Waals surface area contributed by atoms with Crippen molar-refractivity contribution in [2.75, 3.05) is 6.79 Å². The first-order valence-corrected chi connectivity index (χ1v) is 7.42. The number of rotatable bonds is 4. The molecule has 0 atom stereocenters. The Hall–Kier alpha value is -1.23. The number of benzene rings is 2. The van der Waals surface area contributed by atoms with Crippen LogP contribution in [0.3, 0.4) is 0 Å². The Balaban J connectivity index is 1.63. The predicted octanol–water partition coefficient (Wildman–Crippen LogP) is 4.12. The van der Waals surface area contributed by atoms with Gasteiger partial charge in [-0.25, -0.2) is 0 Å². The largest absolute Gasteiger partial charge is 0.454 e. The summed E-state index contributed by atoms with van der Waals surface area (Å²) in [5.74, 6) is 1.36. The van der Waals surface area contributed by atoms with E-state index in [-0.39, 0.29) is 6.79 Å². The highest BCUT2D eigenvalue weighted by molar-refractivity contribution is 9.10. The molecule has 5 heteroatoms. The summed E-state index contributed by atoms with van der Waals surface area (Å²) in [4.78, 5) is 0. The van der Waals surface area contributed by atoms with Gasteiger partial charge >= 0.3 is 0 Å². The zero-order chi connectivity index (χ0) is 13.9. The normalized spacial score (nSPS) is 12.7. The molecule has 0 bridgehead atoms. The van der Waals surface area contributed by atoms with Gasteiger partial charge in [-0.2, -0.15) is 0 Å². The van der Waals surface area contributed by atoms with E-state index < -0.39 is 0 Å². The molecular formula is C15H13BrClNO2. The fraction of sp³-hybridized carbons (Fsp3) is 0.200. The van der Waals surface area contributed by atoms with Crippen LogP contribution in [0.5, 0.6) is 11.5 Å². The quantitative estimate of drug-likeness (QED) is 0.896. The van der Waals surface area contributed by atoms with Gasteiger partial charge in [-0.1, -0.05) is 39.7 Å². The molecule has 1 aliphatic rings. The summed E-state index contributed by atoms with van der Waals surface area (Å²) in [6, 6.07) is 12.1. The van der Waals surface area contributed by atoms with Crippen LogP contribution in [-0.4, -0.2) is 6.79 Å². The lowest BCUT2D eigenvalue weighted by atomic mass is 10.2. The molecule has 0 saturated heterocycles. The molecule has 0 aromatic heterocycles. The van der Waals surface area contributed by atoms with Crippen LogP contribution in [0.25, 0.3) is 0 Å². The summed E-state index contributed by atoms with van der Waals surface area (Å²) in [6.45, 7) is 1.76. The minimum absolute atomic E-state index is 0.240. The van der Waals surface area contributed by atoms with Gasteiger partial charge in [0.25, 0.3) is 0 Å². The monoisotopic (exact) mass is 353 g/mol. The zero-order valence-corrected chi connectivity index (χ0v) is 13.0. The Morgan fingerprint density at radius 2 is 1.95 bits per heavy atom. The van der Waals surface area contributed by atoms with Gasteiger partial charge in [0.05, 0.1) is 5.02 Å². The van der Waals surface area contributed by atoms with Crippen LogP contribution in [-0.2, 0) is 13.1 Å². The van der Waals surface area contributed by atoms with Gasteiger partial charge in [0.15, 0.2) is 11.5 Å². The first kappa shape index (κ1) is 13.7. The van der Waals surface area contributed by atoms with E-state index in [0.717, 1.165) is 28.9 Å². The fourth-order valence-electron chi connectivity index (χ4n) is 2.12. The van der Waals surface area contributed by atoms with E-state index in [9.17, 15) is 0 Å². The molecule has 0 unspecified atom stereocenters. The van der Waals surface area contributed by atoms with Gasteiger partial charge in [0.2, 0.25) is 6.79 Å². The lowest BCUT2D eigenvalue weighted by Crippen LogP contribution is -2.12. The SMILES string of the molecule is Clc1cc(CNCc2cccc(Br)c2)cc2c1OCO2. The molecule has 104 valence electrons. The van der Waals surface area contributed by atoms with Crippen LogP contribution < -0.4 is 14.8 Å². The van der Waals surface area contributed by atoms with E-state index >= 15 is 0 Å². The van der Waals surface area contributed by atoms with E-state index in [1.807, 2.05) is 24.3 Å². The molecule has 3 rings (SSSR count). The van der Waals surface area contributed by atoms with Crippen LogP contribution in [0.4, 0.5) is 0 Å². The highest BCUT2D eigenvalue weighted by atomic mass is 79.9. The molecule has 0 saturated carbocycles. The summed E-state index contributed by atoms with van der Waals surface area (Å²) in [6.07, 6.45) is 0. The third-order valence-corrected chi connectivity index (χ3v) is 3.81. The minimum atomic E-state index is 0.240. The summed E-state index contributed by atoms with van der Waals surface area (Å²) >= 11 is 9.62. The second-order valence-electron chi connectivity index (χ2n) is 4.54. The van der Waals surface area contributed by atoms with Gasteiger partial charge in [-0.05, 0) is 35.4 Å². The molecule has 2 aromatic rings. The molecule has 20 heavy (non-hydrogen) atoms. The lowest BCUT2D eigenvalue weighted by Gasteiger charge is -2.07. The van der Waals surface area contributed by atoms with Crippen LogP contribution >= 0.6 is 27.5 Å². The topological polar surface area (TPSA) is 30.5 Å². The zero-order valence-electron chi connectivity index (χ0n) is 10.7. The van der Waals surface area contributed by atoms with Gasteiger partial charge in [-0.15, -0.1) is 0 Å². The highest BCUT2D eigenvalue weighted by Gasteiger charge is 2.17. The number of hydrogen-bond donors (Lipinski definition) is 1. The van der Waals surface area contributed by atoms with Crippen molar-refractivity contribution < 1.29 is 9.47 Å². The molecule has 0 fully saturated rings. The van der Waals surface area contributed by atoms with E-state index in [1.54, 1.807) is 0 Å². The molecule has 0 radical (unpaired) electrons. The summed E-state index contributed by atoms with van der Waals surface area (Å²) in [5.41, 5.74) is 2.31. The first-order valence-electron chi connectivity index (χ1n) is 6.25. The molecule has 0 aliphatic carbocycles. The number of ether oxygens (including phenoxy) is 2. The number of halogens is 2. The predicted molar refractivity (Wildman–Crippen MR) is 82.3 cm³/mol. The number of fused-ring (bicyclic) bond motifs is 1. The van der Waals surface area contributed by atoms with E-state index in [1.165, 1.54) is 5.56 Å². The van der Waals surface area contributed by atoms with Crippen molar-refractivity contribution in [3.63, 3.8) is 0 Å². The minimum Gasteiger partial charge on any atom is -0.454 e. The molecular weight excluding hydrogens is 342 g/mol. The molecule has 0 spiro atoms. The van der Waals surface area contributed by atoms with Crippen molar-refractivity contribution in [3.05, 3.63) is 57.0 Å². The maximum Gasteiger partial charge on any atom is 0.231 e. The van der Waals surface area contributed by atoms with Crippen molar-refractivity contribution in [1.29, 1.82) is 0 Å². The Labute approximate surface area is 131 Å². The second kappa shape index (κ2) is 6.04. The molecule has 3 nitrogen and oxygen atoms in total. The standard InChI is InChI=1S/C15H13BrClNO2/c16-12-3-1-2-10(4-12)7-18-8-11-5-13(17)15-14(6-11)19-9-20-15/h1-6,18H,7-9H2.